The first kappa shape index (κ1) is 17.6. The van der Waals surface area contributed by atoms with Gasteiger partial charge in [0.15, 0.2) is 5.96 Å². The van der Waals surface area contributed by atoms with Crippen LogP contribution in [0, 0.1) is 0 Å². The van der Waals surface area contributed by atoms with Crippen molar-refractivity contribution in [2.24, 2.45) is 10.7 Å². The number of piperidine rings is 1. The number of hydrogen-bond donors (Lipinski definition) is 1. The largest absolute Gasteiger partial charge is 0.494 e. The van der Waals surface area contributed by atoms with Gasteiger partial charge in [0.05, 0.1) is 13.2 Å². The highest BCUT2D eigenvalue weighted by atomic mass is 16.5. The Labute approximate surface area is 140 Å². The van der Waals surface area contributed by atoms with Crippen molar-refractivity contribution < 1.29 is 4.74 Å². The molecule has 5 heteroatoms. The molecule has 0 spiro atoms. The molecule has 1 saturated heterocycles. The maximum absolute atomic E-state index is 6.08. The normalized spacial score (nSPS) is 16.0. The zero-order chi connectivity index (χ0) is 16.5. The van der Waals surface area contributed by atoms with E-state index in [-0.39, 0.29) is 0 Å². The quantitative estimate of drug-likeness (QED) is 0.476. The minimum Gasteiger partial charge on any atom is -0.494 e. The Bertz CT molecular complexity index is 478. The maximum Gasteiger partial charge on any atom is 0.191 e. The van der Waals surface area contributed by atoms with Crippen LogP contribution in [0.25, 0.3) is 0 Å². The molecule has 0 bridgehead atoms. The van der Waals surface area contributed by atoms with E-state index in [0.29, 0.717) is 12.5 Å². The average molecular weight is 318 g/mol. The van der Waals surface area contributed by atoms with Gasteiger partial charge in [-0.25, -0.2) is 4.99 Å². The summed E-state index contributed by atoms with van der Waals surface area (Å²) < 4.78 is 5.74. The lowest BCUT2D eigenvalue weighted by atomic mass is 10.1. The average Bonchev–Trinajstić information content (AvgIpc) is 2.58. The molecule has 1 aliphatic rings. The lowest BCUT2D eigenvalue weighted by Gasteiger charge is -2.27. The molecular weight excluding hydrogens is 288 g/mol. The van der Waals surface area contributed by atoms with Crippen LogP contribution in [0.15, 0.2) is 29.3 Å². The molecule has 5 nitrogen and oxygen atoms in total. The van der Waals surface area contributed by atoms with E-state index in [1.165, 1.54) is 19.3 Å². The van der Waals surface area contributed by atoms with Crippen molar-refractivity contribution in [3.05, 3.63) is 29.8 Å². The molecule has 0 aliphatic carbocycles. The van der Waals surface area contributed by atoms with Crippen molar-refractivity contribution >= 4 is 5.96 Å². The Kier molecular flexibility index (Phi) is 7.20. The summed E-state index contributed by atoms with van der Waals surface area (Å²) in [5.74, 6) is 1.59. The van der Waals surface area contributed by atoms with Gasteiger partial charge in [0.2, 0.25) is 0 Å². The maximum atomic E-state index is 6.08. The van der Waals surface area contributed by atoms with Crippen LogP contribution in [0.4, 0.5) is 0 Å². The van der Waals surface area contributed by atoms with Crippen molar-refractivity contribution in [1.29, 1.82) is 0 Å². The summed E-state index contributed by atoms with van der Waals surface area (Å²) in [6.45, 7) is 4.49. The highest BCUT2D eigenvalue weighted by molar-refractivity contribution is 5.78. The molecule has 1 fully saturated rings. The fourth-order valence-electron chi connectivity index (χ4n) is 2.66. The van der Waals surface area contributed by atoms with Crippen LogP contribution >= 0.6 is 0 Å². The van der Waals surface area contributed by atoms with Gasteiger partial charge in [-0.15, -0.1) is 0 Å². The lowest BCUT2D eigenvalue weighted by molar-refractivity contribution is 0.281. The van der Waals surface area contributed by atoms with Crippen LogP contribution in [-0.4, -0.2) is 56.1 Å². The van der Waals surface area contributed by atoms with Crippen LogP contribution < -0.4 is 10.5 Å². The molecule has 1 aromatic carbocycles. The van der Waals surface area contributed by atoms with E-state index in [1.807, 2.05) is 12.1 Å². The molecule has 128 valence electrons. The lowest BCUT2D eigenvalue weighted by Crippen LogP contribution is -2.40. The summed E-state index contributed by atoms with van der Waals surface area (Å²) in [7, 11) is 4.15. The number of nitrogens with zero attached hydrogens (tertiary/aromatic N) is 3. The second-order valence-electron chi connectivity index (χ2n) is 6.37. The smallest absolute Gasteiger partial charge is 0.191 e. The Morgan fingerprint density at radius 1 is 1.17 bits per heavy atom. The van der Waals surface area contributed by atoms with Crippen molar-refractivity contribution in [2.45, 2.75) is 32.2 Å². The number of nitrogens with two attached hydrogens (primary N) is 1. The number of ether oxygens (including phenoxy) is 1. The minimum atomic E-state index is 0.628. The number of likely N-dealkylation sites (tertiary alicyclic amines) is 1. The van der Waals surface area contributed by atoms with E-state index in [9.17, 15) is 0 Å². The second kappa shape index (κ2) is 9.40. The van der Waals surface area contributed by atoms with Crippen molar-refractivity contribution in [3.63, 3.8) is 0 Å². The summed E-state index contributed by atoms with van der Waals surface area (Å²) in [6.07, 6.45) is 4.78. The van der Waals surface area contributed by atoms with E-state index in [0.717, 1.165) is 44.0 Å². The summed E-state index contributed by atoms with van der Waals surface area (Å²) in [6, 6.07) is 8.15. The van der Waals surface area contributed by atoms with Gasteiger partial charge in [0.1, 0.15) is 5.75 Å². The fraction of sp³-hybridized carbons (Fsp3) is 0.611. The van der Waals surface area contributed by atoms with Crippen LogP contribution in [0.2, 0.25) is 0 Å². The molecule has 0 radical (unpaired) electrons. The summed E-state index contributed by atoms with van der Waals surface area (Å²) in [5.41, 5.74) is 7.24. The van der Waals surface area contributed by atoms with Crippen molar-refractivity contribution in [2.75, 3.05) is 40.3 Å². The van der Waals surface area contributed by atoms with Gasteiger partial charge < -0.3 is 20.3 Å². The summed E-state index contributed by atoms with van der Waals surface area (Å²) in [4.78, 5) is 8.87. The number of aliphatic imine (C=N–C) groups is 1. The molecule has 2 N–H and O–H groups in total. The Morgan fingerprint density at radius 2 is 1.87 bits per heavy atom. The van der Waals surface area contributed by atoms with E-state index >= 15 is 0 Å². The van der Waals surface area contributed by atoms with Gasteiger partial charge in [-0.3, -0.25) is 0 Å². The first-order chi connectivity index (χ1) is 11.1. The molecule has 2 rings (SSSR count). The first-order valence-electron chi connectivity index (χ1n) is 8.56. The van der Waals surface area contributed by atoms with E-state index in [1.54, 1.807) is 0 Å². The minimum absolute atomic E-state index is 0.628. The van der Waals surface area contributed by atoms with Crippen molar-refractivity contribution in [1.82, 2.24) is 9.80 Å². The predicted molar refractivity (Wildman–Crippen MR) is 95.9 cm³/mol. The third-order valence-electron chi connectivity index (χ3n) is 4.05. The third-order valence-corrected chi connectivity index (χ3v) is 4.05. The number of guanidine groups is 1. The van der Waals surface area contributed by atoms with Gasteiger partial charge in [0, 0.05) is 19.6 Å². The monoisotopic (exact) mass is 318 g/mol. The Morgan fingerprint density at radius 3 is 2.52 bits per heavy atom. The van der Waals surface area contributed by atoms with Crippen LogP contribution in [0.5, 0.6) is 5.75 Å². The molecule has 0 saturated carbocycles. The molecule has 1 aromatic rings. The van der Waals surface area contributed by atoms with Gasteiger partial charge in [-0.1, -0.05) is 12.1 Å². The molecule has 0 unspecified atom stereocenters. The number of benzene rings is 1. The second-order valence-corrected chi connectivity index (χ2v) is 6.37. The first-order valence-corrected chi connectivity index (χ1v) is 8.56. The Balaban J connectivity index is 1.75. The Hall–Kier alpha value is -1.75. The van der Waals surface area contributed by atoms with E-state index in [2.05, 4.69) is 41.0 Å². The van der Waals surface area contributed by atoms with Crippen molar-refractivity contribution in [3.8, 4) is 5.75 Å². The van der Waals surface area contributed by atoms with Gasteiger partial charge in [0.25, 0.3) is 0 Å². The molecule has 1 aliphatic heterocycles. The van der Waals surface area contributed by atoms with Crippen LogP contribution in [0.3, 0.4) is 0 Å². The predicted octanol–water partition coefficient (Wildman–Crippen LogP) is 2.32. The molecule has 0 atom stereocenters. The van der Waals surface area contributed by atoms with Crippen LogP contribution in [0.1, 0.15) is 31.2 Å². The molecule has 1 heterocycles. The molecular formula is C18H30N4O. The zero-order valence-electron chi connectivity index (χ0n) is 14.5. The topological polar surface area (TPSA) is 54.1 Å². The highest BCUT2D eigenvalue weighted by Gasteiger charge is 2.11. The molecule has 23 heavy (non-hydrogen) atoms. The molecule has 0 aromatic heterocycles. The standard InChI is InChI=1S/C18H30N4O/c1-21(2)11-6-14-23-17-9-7-16(8-10-17)15-20-18(19)22-12-4-3-5-13-22/h7-10H,3-6,11-15H2,1-2H3,(H2,19,20). The van der Waals surface area contributed by atoms with Crippen LogP contribution in [-0.2, 0) is 6.54 Å². The number of hydrogen-bond acceptors (Lipinski definition) is 3. The van der Waals surface area contributed by atoms with Gasteiger partial charge >= 0.3 is 0 Å². The summed E-state index contributed by atoms with van der Waals surface area (Å²) >= 11 is 0. The van der Waals surface area contributed by atoms with E-state index in [4.69, 9.17) is 10.5 Å². The highest BCUT2D eigenvalue weighted by Crippen LogP contribution is 2.14. The zero-order valence-corrected chi connectivity index (χ0v) is 14.5. The SMILES string of the molecule is CN(C)CCCOc1ccc(CN=C(N)N2CCCCC2)cc1. The fourth-order valence-corrected chi connectivity index (χ4v) is 2.66. The molecule has 0 amide bonds. The number of rotatable bonds is 7. The van der Waals surface area contributed by atoms with Gasteiger partial charge in [-0.05, 0) is 57.5 Å². The van der Waals surface area contributed by atoms with Gasteiger partial charge in [-0.2, -0.15) is 0 Å². The van der Waals surface area contributed by atoms with E-state index < -0.39 is 0 Å². The third kappa shape index (κ3) is 6.48. The summed E-state index contributed by atoms with van der Waals surface area (Å²) in [5, 5.41) is 0.